The van der Waals surface area contributed by atoms with E-state index in [1.807, 2.05) is 0 Å². The number of likely N-dealkylation sites (tertiary alicyclic amines) is 1. The average molecular weight is 390 g/mol. The third-order valence-corrected chi connectivity index (χ3v) is 8.08. The minimum Gasteiger partial charge on any atom is -0.381 e. The zero-order chi connectivity index (χ0) is 18.7. The van der Waals surface area contributed by atoms with Crippen LogP contribution in [-0.4, -0.2) is 67.4 Å². The summed E-state index contributed by atoms with van der Waals surface area (Å²) in [5.41, 5.74) is -0.861. The standard InChI is InChI=1S/C16H24F2N4O3S/c1-15(17,18)12-7-13(21(2)20-12)26(23,24)14-16(8-19-14)9-22(10-16)11-3-5-25-6-4-11/h7,11,14,19H,3-6,8-10H2,1-2H3. The predicted molar refractivity (Wildman–Crippen MR) is 89.6 cm³/mol. The van der Waals surface area contributed by atoms with Crippen molar-refractivity contribution in [2.45, 2.75) is 42.1 Å². The fourth-order valence-electron chi connectivity index (χ4n) is 4.31. The monoisotopic (exact) mass is 390 g/mol. The van der Waals surface area contributed by atoms with Crippen molar-refractivity contribution in [3.8, 4) is 0 Å². The number of rotatable bonds is 4. The molecule has 1 unspecified atom stereocenters. The zero-order valence-corrected chi connectivity index (χ0v) is 15.7. The summed E-state index contributed by atoms with van der Waals surface area (Å²) in [5.74, 6) is -3.17. The van der Waals surface area contributed by atoms with Crippen LogP contribution in [0.3, 0.4) is 0 Å². The van der Waals surface area contributed by atoms with Gasteiger partial charge in [-0.2, -0.15) is 13.9 Å². The van der Waals surface area contributed by atoms with E-state index in [-0.39, 0.29) is 10.4 Å². The Morgan fingerprint density at radius 1 is 1.35 bits per heavy atom. The summed E-state index contributed by atoms with van der Waals surface area (Å²) >= 11 is 0. The molecule has 3 aliphatic rings. The van der Waals surface area contributed by atoms with Crippen LogP contribution >= 0.6 is 0 Å². The number of aryl methyl sites for hydroxylation is 1. The molecule has 0 radical (unpaired) electrons. The van der Waals surface area contributed by atoms with E-state index in [1.165, 1.54) is 7.05 Å². The second-order valence-electron chi connectivity index (χ2n) is 7.80. The Kier molecular flexibility index (Phi) is 4.18. The largest absolute Gasteiger partial charge is 0.381 e. The van der Waals surface area contributed by atoms with Gasteiger partial charge < -0.3 is 4.74 Å². The molecule has 7 nitrogen and oxygen atoms in total. The van der Waals surface area contributed by atoms with Crippen LogP contribution in [0.25, 0.3) is 0 Å². The fraction of sp³-hybridized carbons (Fsp3) is 0.812. The first-order chi connectivity index (χ1) is 12.1. The lowest BCUT2D eigenvalue weighted by Crippen LogP contribution is -2.79. The predicted octanol–water partition coefficient (Wildman–Crippen LogP) is 0.716. The molecule has 26 heavy (non-hydrogen) atoms. The van der Waals surface area contributed by atoms with Gasteiger partial charge in [0.05, 0.1) is 0 Å². The second-order valence-corrected chi connectivity index (χ2v) is 9.78. The maximum Gasteiger partial charge on any atom is 0.288 e. The minimum absolute atomic E-state index is 0.157. The van der Waals surface area contributed by atoms with Gasteiger partial charge in [0.15, 0.2) is 5.03 Å². The number of hydrogen-bond acceptors (Lipinski definition) is 6. The number of aromatic nitrogens is 2. The molecule has 4 heterocycles. The summed E-state index contributed by atoms with van der Waals surface area (Å²) in [6.45, 7) is 4.26. The van der Waals surface area contributed by atoms with Crippen LogP contribution in [0.2, 0.25) is 0 Å². The van der Waals surface area contributed by atoms with Gasteiger partial charge in [-0.3, -0.25) is 14.9 Å². The minimum atomic E-state index is -3.79. The van der Waals surface area contributed by atoms with E-state index in [2.05, 4.69) is 15.3 Å². The Bertz CT molecular complexity index is 793. The van der Waals surface area contributed by atoms with Gasteiger partial charge >= 0.3 is 0 Å². The molecule has 1 N–H and O–H groups in total. The molecule has 10 heteroatoms. The van der Waals surface area contributed by atoms with Crippen molar-refractivity contribution in [3.05, 3.63) is 11.8 Å². The highest BCUT2D eigenvalue weighted by atomic mass is 32.2. The Morgan fingerprint density at radius 3 is 2.50 bits per heavy atom. The average Bonchev–Trinajstić information content (AvgIpc) is 2.88. The highest BCUT2D eigenvalue weighted by molar-refractivity contribution is 7.92. The summed E-state index contributed by atoms with van der Waals surface area (Å²) in [4.78, 5) is 2.32. The number of ether oxygens (including phenoxy) is 1. The molecule has 3 fully saturated rings. The number of halogens is 2. The maximum atomic E-state index is 13.5. The van der Waals surface area contributed by atoms with Gasteiger partial charge in [0, 0.05) is 64.3 Å². The van der Waals surface area contributed by atoms with Gasteiger partial charge in [0.25, 0.3) is 5.92 Å². The smallest absolute Gasteiger partial charge is 0.288 e. The molecular formula is C16H24F2N4O3S. The highest BCUT2D eigenvalue weighted by Gasteiger charge is 2.61. The Labute approximate surface area is 151 Å². The highest BCUT2D eigenvalue weighted by Crippen LogP contribution is 2.45. The van der Waals surface area contributed by atoms with E-state index in [0.29, 0.717) is 32.6 Å². The van der Waals surface area contributed by atoms with E-state index < -0.39 is 26.8 Å². The van der Waals surface area contributed by atoms with Crippen molar-refractivity contribution >= 4 is 9.84 Å². The summed E-state index contributed by atoms with van der Waals surface area (Å²) < 4.78 is 59.6. The maximum absolute atomic E-state index is 13.5. The number of sulfone groups is 1. The molecule has 0 aromatic carbocycles. The zero-order valence-electron chi connectivity index (χ0n) is 14.9. The van der Waals surface area contributed by atoms with Gasteiger partial charge in [-0.05, 0) is 12.8 Å². The van der Waals surface area contributed by atoms with E-state index in [0.717, 1.165) is 36.8 Å². The summed E-state index contributed by atoms with van der Waals surface area (Å²) in [5, 5.41) is 5.80. The molecule has 0 amide bonds. The van der Waals surface area contributed by atoms with Gasteiger partial charge in [-0.25, -0.2) is 8.42 Å². The number of hydrogen-bond donors (Lipinski definition) is 1. The topological polar surface area (TPSA) is 76.5 Å². The van der Waals surface area contributed by atoms with Crippen LogP contribution in [0.1, 0.15) is 25.5 Å². The molecule has 1 spiro atoms. The van der Waals surface area contributed by atoms with Crippen LogP contribution in [0.4, 0.5) is 8.78 Å². The van der Waals surface area contributed by atoms with Gasteiger partial charge in [-0.1, -0.05) is 0 Å². The lowest BCUT2D eigenvalue weighted by atomic mass is 9.73. The van der Waals surface area contributed by atoms with E-state index >= 15 is 0 Å². The van der Waals surface area contributed by atoms with Gasteiger partial charge in [0.2, 0.25) is 9.84 Å². The van der Waals surface area contributed by atoms with E-state index in [9.17, 15) is 17.2 Å². The van der Waals surface area contributed by atoms with E-state index in [1.54, 1.807) is 0 Å². The summed E-state index contributed by atoms with van der Waals surface area (Å²) in [6.07, 6.45) is 1.94. The third kappa shape index (κ3) is 2.78. The molecule has 1 aromatic rings. The Morgan fingerprint density at radius 2 is 2.00 bits per heavy atom. The second kappa shape index (κ2) is 5.95. The summed E-state index contributed by atoms with van der Waals surface area (Å²) in [6, 6.07) is 1.44. The SMILES string of the molecule is Cn1nc(C(C)(F)F)cc1S(=O)(=O)C1NCC12CN(C1CCOCC1)C2. The van der Waals surface area contributed by atoms with Crippen LogP contribution < -0.4 is 5.32 Å². The first kappa shape index (κ1) is 18.3. The molecule has 0 saturated carbocycles. The fourth-order valence-corrected chi connectivity index (χ4v) is 6.43. The Balaban J connectivity index is 1.52. The van der Waals surface area contributed by atoms with Crippen LogP contribution in [0.5, 0.6) is 0 Å². The lowest BCUT2D eigenvalue weighted by Gasteiger charge is -2.62. The first-order valence-electron chi connectivity index (χ1n) is 8.85. The van der Waals surface area contributed by atoms with Crippen LogP contribution in [0.15, 0.2) is 11.1 Å². The molecule has 1 atom stereocenters. The van der Waals surface area contributed by atoms with Crippen molar-refractivity contribution in [1.82, 2.24) is 20.0 Å². The lowest BCUT2D eigenvalue weighted by molar-refractivity contribution is -0.0982. The normalized spacial score (nSPS) is 27.3. The van der Waals surface area contributed by atoms with Crippen molar-refractivity contribution < 1.29 is 21.9 Å². The van der Waals surface area contributed by atoms with Crippen molar-refractivity contribution in [2.75, 3.05) is 32.8 Å². The molecule has 0 bridgehead atoms. The molecule has 4 rings (SSSR count). The number of alkyl halides is 2. The molecule has 1 aromatic heterocycles. The van der Waals surface area contributed by atoms with Gasteiger partial charge in [-0.15, -0.1) is 0 Å². The van der Waals surface area contributed by atoms with Crippen molar-refractivity contribution in [3.63, 3.8) is 0 Å². The molecule has 146 valence electrons. The molecule has 3 saturated heterocycles. The number of nitrogens with zero attached hydrogens (tertiary/aromatic N) is 3. The van der Waals surface area contributed by atoms with Gasteiger partial charge in [0.1, 0.15) is 11.1 Å². The van der Waals surface area contributed by atoms with Crippen molar-refractivity contribution in [1.29, 1.82) is 0 Å². The first-order valence-corrected chi connectivity index (χ1v) is 10.4. The summed E-state index contributed by atoms with van der Waals surface area (Å²) in [7, 11) is -2.40. The quantitative estimate of drug-likeness (QED) is 0.816. The van der Waals surface area contributed by atoms with Crippen LogP contribution in [0, 0.1) is 5.41 Å². The third-order valence-electron chi connectivity index (χ3n) is 5.83. The molecule has 0 aliphatic carbocycles. The van der Waals surface area contributed by atoms with E-state index in [4.69, 9.17) is 4.74 Å². The Hall–Kier alpha value is -1.10. The molecule has 3 aliphatic heterocycles. The number of nitrogens with one attached hydrogen (secondary N) is 1. The van der Waals surface area contributed by atoms with Crippen molar-refractivity contribution in [2.24, 2.45) is 12.5 Å². The van der Waals surface area contributed by atoms with Crippen LogP contribution in [-0.2, 0) is 27.5 Å². The molecular weight excluding hydrogens is 366 g/mol.